The van der Waals surface area contributed by atoms with E-state index < -0.39 is 0 Å². The number of piperidine rings is 1. The fourth-order valence-electron chi connectivity index (χ4n) is 5.08. The monoisotopic (exact) mass is 456 g/mol. The molecule has 3 aromatic carbocycles. The minimum absolute atomic E-state index is 0.0234. The van der Waals surface area contributed by atoms with E-state index in [1.54, 1.807) is 0 Å². The van der Waals surface area contributed by atoms with Crippen LogP contribution in [0.15, 0.2) is 71.5 Å². The highest BCUT2D eigenvalue weighted by Gasteiger charge is 2.26. The van der Waals surface area contributed by atoms with Gasteiger partial charge >= 0.3 is 5.69 Å². The van der Waals surface area contributed by atoms with Gasteiger partial charge in [0, 0.05) is 37.3 Å². The fourth-order valence-corrected chi connectivity index (χ4v) is 5.08. The topological polar surface area (TPSA) is 70.1 Å². The summed E-state index contributed by atoms with van der Waals surface area (Å²) in [7, 11) is 0. The van der Waals surface area contributed by atoms with Crippen LogP contribution in [0.5, 0.6) is 0 Å². The number of fused-ring (bicyclic) bond motifs is 2. The minimum atomic E-state index is -0.0256. The normalized spacial score (nSPS) is 16.3. The summed E-state index contributed by atoms with van der Waals surface area (Å²) >= 11 is 0. The Hall–Kier alpha value is -3.38. The molecule has 1 aliphatic heterocycles. The highest BCUT2D eigenvalue weighted by molar-refractivity contribution is 5.98. The first-order valence-corrected chi connectivity index (χ1v) is 12.2. The Kier molecular flexibility index (Phi) is 6.24. The van der Waals surface area contributed by atoms with Gasteiger partial charge < -0.3 is 15.2 Å². The summed E-state index contributed by atoms with van der Waals surface area (Å²) in [6, 6.07) is 22.1. The van der Waals surface area contributed by atoms with Gasteiger partial charge in [-0.2, -0.15) is 0 Å². The van der Waals surface area contributed by atoms with Gasteiger partial charge in [-0.1, -0.05) is 56.3 Å². The first-order valence-electron chi connectivity index (χ1n) is 12.2. The van der Waals surface area contributed by atoms with Crippen molar-refractivity contribution in [3.8, 4) is 0 Å². The molecule has 1 fully saturated rings. The van der Waals surface area contributed by atoms with E-state index in [0.717, 1.165) is 54.3 Å². The molecule has 0 saturated carbocycles. The second-order valence-electron chi connectivity index (χ2n) is 9.73. The SMILES string of the molecule is CC(C)[C@@H](CN1CCC(n2c(=O)[nH]c3ccccc32)CC1)NC(=O)c1ccc2ccccc2c1. The Morgan fingerprint density at radius 3 is 2.47 bits per heavy atom. The molecule has 6 heteroatoms. The standard InChI is InChI=1S/C28H32N4O2/c1-19(2)25(29-27(33)22-12-11-20-7-3-4-8-21(20)17-22)18-31-15-13-23(14-16-31)32-26-10-6-5-9-24(26)30-28(32)34/h3-12,17,19,23,25H,13-16,18H2,1-2H3,(H,29,33)(H,30,34)/t25-/m1/s1. The molecule has 0 aliphatic carbocycles. The third-order valence-electron chi connectivity index (χ3n) is 7.13. The predicted octanol–water partition coefficient (Wildman–Crippen LogP) is 4.57. The average molecular weight is 457 g/mol. The van der Waals surface area contributed by atoms with E-state index in [4.69, 9.17) is 0 Å². The molecular weight excluding hydrogens is 424 g/mol. The van der Waals surface area contributed by atoms with Gasteiger partial charge in [0.2, 0.25) is 0 Å². The van der Waals surface area contributed by atoms with Crippen LogP contribution in [0, 0.1) is 5.92 Å². The lowest BCUT2D eigenvalue weighted by Gasteiger charge is -2.36. The number of aromatic nitrogens is 2. The summed E-state index contributed by atoms with van der Waals surface area (Å²) in [5.74, 6) is 0.294. The molecule has 0 spiro atoms. The largest absolute Gasteiger partial charge is 0.348 e. The summed E-state index contributed by atoms with van der Waals surface area (Å²) in [5.41, 5.74) is 2.55. The molecule has 1 atom stereocenters. The number of para-hydroxylation sites is 2. The maximum atomic E-state index is 13.0. The molecule has 0 bridgehead atoms. The van der Waals surface area contributed by atoms with Gasteiger partial charge in [0.1, 0.15) is 0 Å². The Labute approximate surface area is 199 Å². The van der Waals surface area contributed by atoms with E-state index in [1.165, 1.54) is 0 Å². The number of nitrogens with one attached hydrogen (secondary N) is 2. The van der Waals surface area contributed by atoms with E-state index in [2.05, 4.69) is 35.1 Å². The number of benzene rings is 3. The first kappa shape index (κ1) is 22.4. The van der Waals surface area contributed by atoms with Gasteiger partial charge in [0.15, 0.2) is 0 Å². The number of H-pyrrole nitrogens is 1. The smallest absolute Gasteiger partial charge is 0.326 e. The second-order valence-corrected chi connectivity index (χ2v) is 9.73. The zero-order valence-corrected chi connectivity index (χ0v) is 19.8. The maximum Gasteiger partial charge on any atom is 0.326 e. The molecule has 176 valence electrons. The molecule has 1 amide bonds. The Bertz CT molecular complexity index is 1360. The zero-order chi connectivity index (χ0) is 23.7. The minimum Gasteiger partial charge on any atom is -0.348 e. The number of amides is 1. The number of nitrogens with zero attached hydrogens (tertiary/aromatic N) is 2. The van der Waals surface area contributed by atoms with Crippen LogP contribution in [0.1, 0.15) is 43.1 Å². The van der Waals surface area contributed by atoms with E-state index >= 15 is 0 Å². The molecule has 1 aromatic heterocycles. The lowest BCUT2D eigenvalue weighted by molar-refractivity contribution is 0.0895. The number of hydrogen-bond donors (Lipinski definition) is 2. The Balaban J connectivity index is 1.23. The van der Waals surface area contributed by atoms with Crippen molar-refractivity contribution in [1.29, 1.82) is 0 Å². The molecule has 6 nitrogen and oxygen atoms in total. The first-order chi connectivity index (χ1) is 16.5. The lowest BCUT2D eigenvalue weighted by Crippen LogP contribution is -2.49. The highest BCUT2D eigenvalue weighted by atomic mass is 16.2. The van der Waals surface area contributed by atoms with Gasteiger partial charge in [-0.15, -0.1) is 0 Å². The van der Waals surface area contributed by atoms with Gasteiger partial charge in [-0.25, -0.2) is 4.79 Å². The van der Waals surface area contributed by atoms with Crippen LogP contribution in [0.3, 0.4) is 0 Å². The number of aromatic amines is 1. The van der Waals surface area contributed by atoms with Crippen molar-refractivity contribution in [3.05, 3.63) is 82.8 Å². The van der Waals surface area contributed by atoms with Gasteiger partial charge in [0.05, 0.1) is 11.0 Å². The molecular formula is C28H32N4O2. The van der Waals surface area contributed by atoms with Crippen LogP contribution >= 0.6 is 0 Å². The highest BCUT2D eigenvalue weighted by Crippen LogP contribution is 2.25. The predicted molar refractivity (Wildman–Crippen MR) is 137 cm³/mol. The number of imidazole rings is 1. The van der Waals surface area contributed by atoms with Crippen molar-refractivity contribution in [2.75, 3.05) is 19.6 Å². The van der Waals surface area contributed by atoms with Crippen molar-refractivity contribution >= 4 is 27.7 Å². The summed E-state index contributed by atoms with van der Waals surface area (Å²) in [4.78, 5) is 31.0. The third kappa shape index (κ3) is 4.50. The molecule has 2 heterocycles. The van der Waals surface area contributed by atoms with Crippen LogP contribution in [-0.4, -0.2) is 46.0 Å². The van der Waals surface area contributed by atoms with E-state index in [0.29, 0.717) is 11.5 Å². The van der Waals surface area contributed by atoms with Crippen molar-refractivity contribution in [3.63, 3.8) is 0 Å². The van der Waals surface area contributed by atoms with Crippen LogP contribution < -0.4 is 11.0 Å². The molecule has 0 radical (unpaired) electrons. The lowest BCUT2D eigenvalue weighted by atomic mass is 9.99. The number of likely N-dealkylation sites (tertiary alicyclic amines) is 1. The van der Waals surface area contributed by atoms with Crippen molar-refractivity contribution in [1.82, 2.24) is 19.8 Å². The zero-order valence-electron chi connectivity index (χ0n) is 19.8. The van der Waals surface area contributed by atoms with E-state index in [1.807, 2.05) is 65.2 Å². The quantitative estimate of drug-likeness (QED) is 0.446. The fraction of sp³-hybridized carbons (Fsp3) is 0.357. The maximum absolute atomic E-state index is 13.0. The molecule has 2 N–H and O–H groups in total. The molecule has 4 aromatic rings. The molecule has 1 saturated heterocycles. The molecule has 1 aliphatic rings. The van der Waals surface area contributed by atoms with Crippen molar-refractivity contribution in [2.24, 2.45) is 5.92 Å². The van der Waals surface area contributed by atoms with Crippen LogP contribution in [0.25, 0.3) is 21.8 Å². The summed E-state index contributed by atoms with van der Waals surface area (Å²) in [5, 5.41) is 5.49. The van der Waals surface area contributed by atoms with E-state index in [9.17, 15) is 9.59 Å². The van der Waals surface area contributed by atoms with Crippen LogP contribution in [0.4, 0.5) is 0 Å². The number of hydrogen-bond acceptors (Lipinski definition) is 3. The van der Waals surface area contributed by atoms with Crippen LogP contribution in [-0.2, 0) is 0 Å². The molecule has 0 unspecified atom stereocenters. The van der Waals surface area contributed by atoms with E-state index in [-0.39, 0.29) is 23.7 Å². The van der Waals surface area contributed by atoms with Gasteiger partial charge in [0.25, 0.3) is 5.91 Å². The Morgan fingerprint density at radius 1 is 1.00 bits per heavy atom. The Morgan fingerprint density at radius 2 is 1.71 bits per heavy atom. The van der Waals surface area contributed by atoms with Crippen molar-refractivity contribution < 1.29 is 4.79 Å². The third-order valence-corrected chi connectivity index (χ3v) is 7.13. The number of rotatable bonds is 6. The summed E-state index contributed by atoms with van der Waals surface area (Å²) < 4.78 is 1.92. The van der Waals surface area contributed by atoms with Crippen molar-refractivity contribution in [2.45, 2.75) is 38.8 Å². The molecule has 34 heavy (non-hydrogen) atoms. The molecule has 5 rings (SSSR count). The van der Waals surface area contributed by atoms with Gasteiger partial charge in [-0.3, -0.25) is 9.36 Å². The van der Waals surface area contributed by atoms with Crippen LogP contribution in [0.2, 0.25) is 0 Å². The second kappa shape index (κ2) is 9.47. The summed E-state index contributed by atoms with van der Waals surface area (Å²) in [6.07, 6.45) is 1.84. The number of carbonyl (C=O) groups is 1. The summed E-state index contributed by atoms with van der Waals surface area (Å²) in [6.45, 7) is 6.94. The average Bonchev–Trinajstić information content (AvgIpc) is 3.19. The van der Waals surface area contributed by atoms with Gasteiger partial charge in [-0.05, 0) is 53.8 Å². The number of carbonyl (C=O) groups excluding carboxylic acids is 1.